The van der Waals surface area contributed by atoms with Crippen LogP contribution in [0.15, 0.2) is 18.2 Å². The molecule has 0 radical (unpaired) electrons. The Hall–Kier alpha value is -1.35. The van der Waals surface area contributed by atoms with Crippen molar-refractivity contribution in [3.8, 4) is 5.75 Å². The fourth-order valence-electron chi connectivity index (χ4n) is 3.09. The molecule has 20 heavy (non-hydrogen) atoms. The predicted molar refractivity (Wildman–Crippen MR) is 81.3 cm³/mol. The van der Waals surface area contributed by atoms with Gasteiger partial charge < -0.3 is 4.74 Å². The summed E-state index contributed by atoms with van der Waals surface area (Å²) in [6.45, 7) is 0.843. The monoisotopic (exact) mass is 275 g/mol. The molecule has 0 unspecified atom stereocenters. The molecule has 1 aliphatic rings. The molecule has 0 atom stereocenters. The Morgan fingerprint density at radius 2 is 1.95 bits per heavy atom. The van der Waals surface area contributed by atoms with E-state index in [2.05, 4.69) is 11.9 Å². The van der Waals surface area contributed by atoms with E-state index in [1.807, 2.05) is 12.1 Å². The topological polar surface area (TPSA) is 29.5 Å². The van der Waals surface area contributed by atoms with Crippen LogP contribution in [0, 0.1) is 0 Å². The molecule has 0 bridgehead atoms. The minimum absolute atomic E-state index is 0.655. The lowest BCUT2D eigenvalue weighted by Gasteiger charge is -2.27. The highest BCUT2D eigenvalue weighted by molar-refractivity contribution is 5.75. The Morgan fingerprint density at radius 3 is 2.55 bits per heavy atom. The van der Waals surface area contributed by atoms with E-state index in [0.29, 0.717) is 6.04 Å². The molecule has 3 nitrogen and oxygen atoms in total. The van der Waals surface area contributed by atoms with Gasteiger partial charge in [0, 0.05) is 23.7 Å². The highest BCUT2D eigenvalue weighted by Gasteiger charge is 2.18. The van der Waals surface area contributed by atoms with Gasteiger partial charge >= 0.3 is 0 Å². The summed E-state index contributed by atoms with van der Waals surface area (Å²) in [6.07, 6.45) is 8.87. The van der Waals surface area contributed by atoms with Crippen LogP contribution >= 0.6 is 0 Å². The van der Waals surface area contributed by atoms with Crippen molar-refractivity contribution < 1.29 is 9.53 Å². The van der Waals surface area contributed by atoms with Gasteiger partial charge in [-0.05, 0) is 38.1 Å². The summed E-state index contributed by atoms with van der Waals surface area (Å²) in [5.74, 6) is 0.871. The van der Waals surface area contributed by atoms with Crippen molar-refractivity contribution in [3.05, 3.63) is 29.3 Å². The third-order valence-corrected chi connectivity index (χ3v) is 4.31. The van der Waals surface area contributed by atoms with Crippen LogP contribution < -0.4 is 4.74 Å². The largest absolute Gasteiger partial charge is 0.496 e. The molecule has 1 fully saturated rings. The molecule has 1 aliphatic carbocycles. The van der Waals surface area contributed by atoms with E-state index in [-0.39, 0.29) is 0 Å². The second-order valence-electron chi connectivity index (χ2n) is 5.75. The van der Waals surface area contributed by atoms with E-state index >= 15 is 0 Å². The predicted octanol–water partition coefficient (Wildman–Crippen LogP) is 3.66. The van der Waals surface area contributed by atoms with Crippen LogP contribution in [0.4, 0.5) is 0 Å². The quantitative estimate of drug-likeness (QED) is 0.606. The smallest absolute Gasteiger partial charge is 0.150 e. The Balaban J connectivity index is 2.08. The van der Waals surface area contributed by atoms with Crippen molar-refractivity contribution in [2.24, 2.45) is 0 Å². The molecule has 0 N–H and O–H groups in total. The number of methoxy groups -OCH3 is 1. The molecule has 110 valence electrons. The first-order valence-corrected chi connectivity index (χ1v) is 7.57. The molecule has 0 saturated heterocycles. The molecular weight excluding hydrogens is 250 g/mol. The zero-order valence-corrected chi connectivity index (χ0v) is 12.6. The first-order chi connectivity index (χ1) is 9.74. The minimum atomic E-state index is 0.655. The lowest BCUT2D eigenvalue weighted by Crippen LogP contribution is -2.30. The number of ether oxygens (including phenoxy) is 1. The molecule has 1 saturated carbocycles. The summed E-state index contributed by atoms with van der Waals surface area (Å²) in [4.78, 5) is 13.4. The van der Waals surface area contributed by atoms with Crippen LogP contribution in [0.1, 0.15) is 54.4 Å². The van der Waals surface area contributed by atoms with Gasteiger partial charge in [-0.1, -0.05) is 25.7 Å². The van der Waals surface area contributed by atoms with Gasteiger partial charge in [-0.25, -0.2) is 0 Å². The molecular formula is C17H25NO2. The maximum absolute atomic E-state index is 10.9. The van der Waals surface area contributed by atoms with Gasteiger partial charge in [-0.3, -0.25) is 9.69 Å². The summed E-state index contributed by atoms with van der Waals surface area (Å²) >= 11 is 0. The number of aldehydes is 1. The summed E-state index contributed by atoms with van der Waals surface area (Å²) in [7, 11) is 3.87. The van der Waals surface area contributed by atoms with Crippen molar-refractivity contribution in [1.29, 1.82) is 0 Å². The Morgan fingerprint density at radius 1 is 1.25 bits per heavy atom. The highest BCUT2D eigenvalue weighted by atomic mass is 16.5. The van der Waals surface area contributed by atoms with Crippen LogP contribution in [0.25, 0.3) is 0 Å². The van der Waals surface area contributed by atoms with Crippen molar-refractivity contribution in [2.75, 3.05) is 14.2 Å². The summed E-state index contributed by atoms with van der Waals surface area (Å²) in [6, 6.07) is 6.29. The Bertz CT molecular complexity index is 437. The van der Waals surface area contributed by atoms with Gasteiger partial charge in [0.25, 0.3) is 0 Å². The van der Waals surface area contributed by atoms with Crippen molar-refractivity contribution in [2.45, 2.75) is 51.1 Å². The Labute approximate surface area is 121 Å². The maximum atomic E-state index is 10.9. The first-order valence-electron chi connectivity index (χ1n) is 7.57. The number of carbonyl (C=O) groups excluding carboxylic acids is 1. The second kappa shape index (κ2) is 7.44. The van der Waals surface area contributed by atoms with Crippen LogP contribution in [0.3, 0.4) is 0 Å². The minimum Gasteiger partial charge on any atom is -0.496 e. The third-order valence-electron chi connectivity index (χ3n) is 4.31. The average Bonchev–Trinajstić information content (AvgIpc) is 2.76. The zero-order chi connectivity index (χ0) is 14.4. The Kier molecular flexibility index (Phi) is 5.60. The van der Waals surface area contributed by atoms with Crippen LogP contribution in [-0.2, 0) is 6.54 Å². The number of nitrogens with zero attached hydrogens (tertiary/aromatic N) is 1. The van der Waals surface area contributed by atoms with Gasteiger partial charge in [-0.15, -0.1) is 0 Å². The van der Waals surface area contributed by atoms with Crippen molar-refractivity contribution >= 4 is 6.29 Å². The highest BCUT2D eigenvalue weighted by Crippen LogP contribution is 2.25. The molecule has 3 heteroatoms. The fourth-order valence-corrected chi connectivity index (χ4v) is 3.09. The first kappa shape index (κ1) is 15.0. The fraction of sp³-hybridized carbons (Fsp3) is 0.588. The van der Waals surface area contributed by atoms with E-state index < -0.39 is 0 Å². The second-order valence-corrected chi connectivity index (χ2v) is 5.75. The van der Waals surface area contributed by atoms with Gasteiger partial charge in [0.15, 0.2) is 0 Å². The summed E-state index contributed by atoms with van der Waals surface area (Å²) < 4.78 is 5.42. The molecule has 2 rings (SSSR count). The molecule has 0 aromatic heterocycles. The molecule has 0 spiro atoms. The van der Waals surface area contributed by atoms with Gasteiger partial charge in [0.2, 0.25) is 0 Å². The van der Waals surface area contributed by atoms with E-state index in [1.54, 1.807) is 13.2 Å². The van der Waals surface area contributed by atoms with Crippen LogP contribution in [0.5, 0.6) is 5.75 Å². The van der Waals surface area contributed by atoms with E-state index in [0.717, 1.165) is 29.7 Å². The number of hydrogen-bond acceptors (Lipinski definition) is 3. The summed E-state index contributed by atoms with van der Waals surface area (Å²) in [5.41, 5.74) is 1.82. The zero-order valence-electron chi connectivity index (χ0n) is 12.6. The molecule has 0 amide bonds. The van der Waals surface area contributed by atoms with Gasteiger partial charge in [0.1, 0.15) is 12.0 Å². The number of benzene rings is 1. The van der Waals surface area contributed by atoms with Gasteiger partial charge in [0.05, 0.1) is 7.11 Å². The number of carbonyl (C=O) groups is 1. The molecule has 1 aromatic carbocycles. The summed E-state index contributed by atoms with van der Waals surface area (Å²) in [5, 5.41) is 0. The SMILES string of the molecule is COc1ccc(C=O)cc1CN(C)C1CCCCCC1. The van der Waals surface area contributed by atoms with E-state index in [4.69, 9.17) is 4.74 Å². The standard InChI is InChI=1S/C17H25NO2/c1-18(16-7-5-3-4-6-8-16)12-15-11-14(13-19)9-10-17(15)20-2/h9-11,13,16H,3-8,12H2,1-2H3. The van der Waals surface area contributed by atoms with Crippen molar-refractivity contribution in [3.63, 3.8) is 0 Å². The molecule has 0 heterocycles. The maximum Gasteiger partial charge on any atom is 0.150 e. The van der Waals surface area contributed by atoms with Crippen LogP contribution in [-0.4, -0.2) is 31.4 Å². The van der Waals surface area contributed by atoms with E-state index in [9.17, 15) is 4.79 Å². The molecule has 0 aliphatic heterocycles. The van der Waals surface area contributed by atoms with Gasteiger partial charge in [-0.2, -0.15) is 0 Å². The van der Waals surface area contributed by atoms with E-state index in [1.165, 1.54) is 38.5 Å². The normalized spacial score (nSPS) is 16.9. The van der Waals surface area contributed by atoms with Crippen molar-refractivity contribution in [1.82, 2.24) is 4.90 Å². The number of rotatable bonds is 5. The average molecular weight is 275 g/mol. The lowest BCUT2D eigenvalue weighted by atomic mass is 10.1. The number of hydrogen-bond donors (Lipinski definition) is 0. The molecule has 1 aromatic rings. The third kappa shape index (κ3) is 3.83. The lowest BCUT2D eigenvalue weighted by molar-refractivity contribution is 0.112. The van der Waals surface area contributed by atoms with Crippen LogP contribution in [0.2, 0.25) is 0 Å².